The Balaban J connectivity index is 1.92. The monoisotopic (exact) mass is 237 g/mol. The smallest absolute Gasteiger partial charge is 0.409 e. The quantitative estimate of drug-likeness (QED) is 0.702. The maximum atomic E-state index is 11.6. The zero-order chi connectivity index (χ0) is 12.3. The number of piperidine rings is 1. The summed E-state index contributed by atoms with van der Waals surface area (Å²) in [5.41, 5.74) is 0.150. The van der Waals surface area contributed by atoms with Crippen molar-refractivity contribution in [1.82, 2.24) is 4.90 Å². The number of nitrogens with zero attached hydrogens (tertiary/aromatic N) is 1. The van der Waals surface area contributed by atoms with Crippen molar-refractivity contribution in [1.29, 1.82) is 0 Å². The first-order chi connectivity index (χ1) is 8.15. The second-order valence-corrected chi connectivity index (χ2v) is 4.85. The average molecular weight is 237 g/mol. The number of ketones is 1. The maximum absolute atomic E-state index is 11.6. The molecule has 1 aliphatic heterocycles. The van der Waals surface area contributed by atoms with Crippen LogP contribution in [0, 0.1) is 5.41 Å². The van der Waals surface area contributed by atoms with Crippen LogP contribution in [0.3, 0.4) is 0 Å². The van der Waals surface area contributed by atoms with Gasteiger partial charge in [0.2, 0.25) is 0 Å². The predicted octanol–water partition coefficient (Wildman–Crippen LogP) is 2.14. The zero-order valence-corrected chi connectivity index (χ0v) is 10.3. The van der Waals surface area contributed by atoms with Crippen LogP contribution >= 0.6 is 0 Å². The minimum absolute atomic E-state index is 0.150. The molecule has 4 heteroatoms. The number of carbonyl (C=O) groups is 2. The molecule has 4 nitrogen and oxygen atoms in total. The first kappa shape index (κ1) is 12.1. The van der Waals surface area contributed by atoms with E-state index in [9.17, 15) is 9.59 Å². The van der Waals surface area contributed by atoms with E-state index in [2.05, 4.69) is 6.08 Å². The number of likely N-dealkylation sites (tertiary alicyclic amines) is 1. The number of rotatable bonds is 1. The molecule has 0 unspecified atom stereocenters. The first-order valence-corrected chi connectivity index (χ1v) is 6.29. The minimum atomic E-state index is -0.210. The van der Waals surface area contributed by atoms with Crippen molar-refractivity contribution in [3.63, 3.8) is 0 Å². The second-order valence-electron chi connectivity index (χ2n) is 4.85. The lowest BCUT2D eigenvalue weighted by atomic mass is 9.72. The lowest BCUT2D eigenvalue weighted by Gasteiger charge is -2.40. The van der Waals surface area contributed by atoms with E-state index in [4.69, 9.17) is 4.74 Å². The van der Waals surface area contributed by atoms with E-state index < -0.39 is 0 Å². The van der Waals surface area contributed by atoms with Crippen LogP contribution in [-0.4, -0.2) is 36.5 Å². The Hall–Kier alpha value is -1.32. The third-order valence-corrected chi connectivity index (χ3v) is 3.78. The first-order valence-electron chi connectivity index (χ1n) is 6.29. The van der Waals surface area contributed by atoms with Gasteiger partial charge in [-0.1, -0.05) is 6.08 Å². The molecule has 0 bridgehead atoms. The van der Waals surface area contributed by atoms with Gasteiger partial charge in [-0.25, -0.2) is 4.79 Å². The molecule has 2 aliphatic rings. The molecule has 1 spiro atoms. The van der Waals surface area contributed by atoms with Crippen LogP contribution in [0.1, 0.15) is 32.6 Å². The number of hydrogen-bond donors (Lipinski definition) is 0. The second kappa shape index (κ2) is 4.90. The molecule has 0 radical (unpaired) electrons. The summed E-state index contributed by atoms with van der Waals surface area (Å²) in [6.45, 7) is 3.71. The maximum Gasteiger partial charge on any atom is 0.409 e. The number of carbonyl (C=O) groups excluding carboxylic acids is 2. The van der Waals surface area contributed by atoms with Gasteiger partial charge in [0.05, 0.1) is 6.61 Å². The highest BCUT2D eigenvalue weighted by Crippen LogP contribution is 2.39. The highest BCUT2D eigenvalue weighted by Gasteiger charge is 2.36. The van der Waals surface area contributed by atoms with Gasteiger partial charge in [-0.3, -0.25) is 4.79 Å². The Labute approximate surface area is 102 Å². The van der Waals surface area contributed by atoms with Crippen LogP contribution in [0.2, 0.25) is 0 Å². The largest absolute Gasteiger partial charge is 0.450 e. The van der Waals surface area contributed by atoms with Crippen LogP contribution in [-0.2, 0) is 9.53 Å². The normalized spacial score (nSPS) is 22.9. The molecule has 1 amide bonds. The van der Waals surface area contributed by atoms with Gasteiger partial charge in [-0.05, 0) is 37.7 Å². The molecular weight excluding hydrogens is 218 g/mol. The van der Waals surface area contributed by atoms with Gasteiger partial charge >= 0.3 is 6.09 Å². The third kappa shape index (κ3) is 2.68. The summed E-state index contributed by atoms with van der Waals surface area (Å²) < 4.78 is 4.99. The molecule has 0 aromatic rings. The Bertz CT molecular complexity index is 341. The summed E-state index contributed by atoms with van der Waals surface area (Å²) in [5.74, 6) is 0.225. The lowest BCUT2D eigenvalue weighted by molar-refractivity contribution is -0.115. The zero-order valence-electron chi connectivity index (χ0n) is 10.3. The molecule has 1 saturated heterocycles. The molecule has 2 rings (SSSR count). The van der Waals surface area contributed by atoms with Crippen LogP contribution in [0.15, 0.2) is 12.2 Å². The molecule has 0 aromatic heterocycles. The Kier molecular flexibility index (Phi) is 3.50. The van der Waals surface area contributed by atoms with Crippen LogP contribution in [0.25, 0.3) is 0 Å². The van der Waals surface area contributed by atoms with Crippen molar-refractivity contribution in [3.8, 4) is 0 Å². The summed E-state index contributed by atoms with van der Waals surface area (Å²) in [5, 5.41) is 0. The number of ether oxygens (including phenoxy) is 1. The van der Waals surface area contributed by atoms with Crippen molar-refractivity contribution in [3.05, 3.63) is 12.2 Å². The van der Waals surface area contributed by atoms with E-state index in [1.54, 1.807) is 11.0 Å². The van der Waals surface area contributed by atoms with Crippen molar-refractivity contribution in [2.24, 2.45) is 5.41 Å². The molecule has 0 atom stereocenters. The van der Waals surface area contributed by atoms with Gasteiger partial charge < -0.3 is 9.64 Å². The van der Waals surface area contributed by atoms with Crippen LogP contribution in [0.4, 0.5) is 4.79 Å². The van der Waals surface area contributed by atoms with E-state index in [1.165, 1.54) is 0 Å². The summed E-state index contributed by atoms with van der Waals surface area (Å²) in [6.07, 6.45) is 7.02. The molecule has 1 heterocycles. The number of amides is 1. The van der Waals surface area contributed by atoms with E-state index in [1.807, 2.05) is 6.92 Å². The van der Waals surface area contributed by atoms with Gasteiger partial charge in [-0.15, -0.1) is 0 Å². The highest BCUT2D eigenvalue weighted by molar-refractivity contribution is 5.90. The molecular formula is C13H19NO3. The number of hydrogen-bond acceptors (Lipinski definition) is 3. The molecule has 1 aliphatic carbocycles. The summed E-state index contributed by atoms with van der Waals surface area (Å²) in [7, 11) is 0. The van der Waals surface area contributed by atoms with Gasteiger partial charge in [0.1, 0.15) is 0 Å². The SMILES string of the molecule is CCOC(=O)N1CCC2(C=CC(=O)CC2)CC1. The topological polar surface area (TPSA) is 46.6 Å². The van der Waals surface area contributed by atoms with Crippen molar-refractivity contribution in [2.45, 2.75) is 32.6 Å². The van der Waals surface area contributed by atoms with Gasteiger partial charge in [0, 0.05) is 19.5 Å². The van der Waals surface area contributed by atoms with Crippen molar-refractivity contribution >= 4 is 11.9 Å². The van der Waals surface area contributed by atoms with Crippen molar-refractivity contribution in [2.75, 3.05) is 19.7 Å². The Morgan fingerprint density at radius 2 is 2.12 bits per heavy atom. The van der Waals surface area contributed by atoms with Gasteiger partial charge in [-0.2, -0.15) is 0 Å². The fraction of sp³-hybridized carbons (Fsp3) is 0.692. The van der Waals surface area contributed by atoms with E-state index in [0.29, 0.717) is 13.0 Å². The molecule has 1 fully saturated rings. The lowest BCUT2D eigenvalue weighted by Crippen LogP contribution is -2.43. The average Bonchev–Trinajstić information content (AvgIpc) is 2.35. The summed E-state index contributed by atoms with van der Waals surface area (Å²) in [6, 6.07) is 0. The van der Waals surface area contributed by atoms with Crippen LogP contribution in [0.5, 0.6) is 0 Å². The minimum Gasteiger partial charge on any atom is -0.450 e. The van der Waals surface area contributed by atoms with E-state index >= 15 is 0 Å². The molecule has 0 N–H and O–H groups in total. The van der Waals surface area contributed by atoms with Gasteiger partial charge in [0.15, 0.2) is 5.78 Å². The van der Waals surface area contributed by atoms with Gasteiger partial charge in [0.25, 0.3) is 0 Å². The van der Waals surface area contributed by atoms with E-state index in [-0.39, 0.29) is 17.3 Å². The standard InChI is InChI=1S/C13H19NO3/c1-2-17-12(16)14-9-7-13(8-10-14)5-3-11(15)4-6-13/h3,5H,2,4,6-10H2,1H3. The highest BCUT2D eigenvalue weighted by atomic mass is 16.6. The fourth-order valence-corrected chi connectivity index (χ4v) is 2.57. The molecule has 0 saturated carbocycles. The predicted molar refractivity (Wildman–Crippen MR) is 63.6 cm³/mol. The third-order valence-electron chi connectivity index (χ3n) is 3.78. The number of allylic oxidation sites excluding steroid dienone is 2. The van der Waals surface area contributed by atoms with E-state index in [0.717, 1.165) is 32.4 Å². The van der Waals surface area contributed by atoms with Crippen molar-refractivity contribution < 1.29 is 14.3 Å². The fourth-order valence-electron chi connectivity index (χ4n) is 2.57. The Morgan fingerprint density at radius 3 is 2.65 bits per heavy atom. The molecule has 17 heavy (non-hydrogen) atoms. The summed E-state index contributed by atoms with van der Waals surface area (Å²) in [4.78, 5) is 24.5. The Morgan fingerprint density at radius 1 is 1.41 bits per heavy atom. The molecule has 94 valence electrons. The summed E-state index contributed by atoms with van der Waals surface area (Å²) >= 11 is 0. The van der Waals surface area contributed by atoms with Crippen LogP contribution < -0.4 is 0 Å². The molecule has 0 aromatic carbocycles.